The lowest BCUT2D eigenvalue weighted by molar-refractivity contribution is -0.140. The summed E-state index contributed by atoms with van der Waals surface area (Å²) in [6.07, 6.45) is 6.55. The Hall–Kier alpha value is -1.68. The van der Waals surface area contributed by atoms with E-state index in [1.54, 1.807) is 17.5 Å². The Morgan fingerprint density at radius 1 is 1.19 bits per heavy atom. The van der Waals surface area contributed by atoms with Gasteiger partial charge in [0.25, 0.3) is 0 Å². The summed E-state index contributed by atoms with van der Waals surface area (Å²) in [7, 11) is 0. The third-order valence-corrected chi connectivity index (χ3v) is 5.62. The molecule has 2 bridgehead atoms. The minimum atomic E-state index is -0.0378. The van der Waals surface area contributed by atoms with Gasteiger partial charge in [-0.2, -0.15) is 0 Å². The predicted octanol–water partition coefficient (Wildman–Crippen LogP) is 4.15. The summed E-state index contributed by atoms with van der Waals surface area (Å²) in [4.78, 5) is 16.6. The maximum Gasteiger partial charge on any atom is 0.314 e. The Bertz CT molecular complexity index is 635. The minimum absolute atomic E-state index is 0.0378. The van der Waals surface area contributed by atoms with Gasteiger partial charge in [0.05, 0.1) is 5.92 Å². The van der Waals surface area contributed by atoms with Crippen molar-refractivity contribution in [2.75, 3.05) is 0 Å². The molecule has 4 heteroatoms. The Morgan fingerprint density at radius 3 is 2.67 bits per heavy atom. The van der Waals surface area contributed by atoms with Crippen LogP contribution in [0.15, 0.2) is 35.8 Å². The van der Waals surface area contributed by atoms with E-state index in [1.807, 2.05) is 29.6 Å². The first-order chi connectivity index (χ1) is 10.3. The van der Waals surface area contributed by atoms with E-state index in [-0.39, 0.29) is 11.9 Å². The van der Waals surface area contributed by atoms with Crippen molar-refractivity contribution >= 4 is 17.3 Å². The van der Waals surface area contributed by atoms with Gasteiger partial charge in [0.15, 0.2) is 0 Å². The maximum absolute atomic E-state index is 12.3. The number of hydrogen-bond acceptors (Lipinski definition) is 4. The number of carbonyl (C=O) groups excluding carboxylic acids is 1. The fraction of sp³-hybridized carbons (Fsp3) is 0.412. The lowest BCUT2D eigenvalue weighted by Gasteiger charge is -2.19. The van der Waals surface area contributed by atoms with E-state index in [0.717, 1.165) is 22.9 Å². The molecule has 0 saturated heterocycles. The number of ether oxygens (including phenoxy) is 1. The molecule has 21 heavy (non-hydrogen) atoms. The molecule has 108 valence electrons. The predicted molar refractivity (Wildman–Crippen MR) is 82.1 cm³/mol. The molecule has 0 spiro atoms. The Balaban J connectivity index is 1.44. The number of thiazole rings is 1. The summed E-state index contributed by atoms with van der Waals surface area (Å²) < 4.78 is 5.57. The first-order valence-corrected chi connectivity index (χ1v) is 8.39. The lowest BCUT2D eigenvalue weighted by Crippen LogP contribution is -2.25. The van der Waals surface area contributed by atoms with E-state index in [1.165, 1.54) is 19.3 Å². The molecule has 2 aliphatic rings. The molecule has 0 amide bonds. The summed E-state index contributed by atoms with van der Waals surface area (Å²) in [5, 5.41) is 2.94. The van der Waals surface area contributed by atoms with E-state index in [9.17, 15) is 4.79 Å². The fourth-order valence-corrected chi connectivity index (χ4v) is 4.40. The number of aromatic nitrogens is 1. The molecule has 4 rings (SSSR count). The average molecular weight is 299 g/mol. The van der Waals surface area contributed by atoms with Gasteiger partial charge in [-0.3, -0.25) is 4.79 Å². The Labute approximate surface area is 128 Å². The van der Waals surface area contributed by atoms with Crippen molar-refractivity contribution in [3.05, 3.63) is 35.8 Å². The highest BCUT2D eigenvalue weighted by molar-refractivity contribution is 7.13. The zero-order chi connectivity index (χ0) is 14.2. The van der Waals surface area contributed by atoms with Crippen LogP contribution in [0.2, 0.25) is 0 Å². The van der Waals surface area contributed by atoms with Gasteiger partial charge in [0.2, 0.25) is 0 Å². The number of benzene rings is 1. The van der Waals surface area contributed by atoms with E-state index in [2.05, 4.69) is 4.98 Å². The Morgan fingerprint density at radius 2 is 2.05 bits per heavy atom. The molecule has 3 atom stereocenters. The molecule has 0 aliphatic heterocycles. The first kappa shape index (κ1) is 13.0. The van der Waals surface area contributed by atoms with Crippen LogP contribution in [0.5, 0.6) is 5.75 Å². The van der Waals surface area contributed by atoms with Crippen molar-refractivity contribution in [3.63, 3.8) is 0 Å². The SMILES string of the molecule is O=C(Oc1ccc(-c2nccs2)cc1)[C@@H]1C[C@H]2CC[C@H]1C2. The van der Waals surface area contributed by atoms with Crippen LogP contribution in [0.3, 0.4) is 0 Å². The quantitative estimate of drug-likeness (QED) is 0.631. The molecule has 1 aromatic carbocycles. The smallest absolute Gasteiger partial charge is 0.314 e. The highest BCUT2D eigenvalue weighted by Crippen LogP contribution is 2.48. The number of fused-ring (bicyclic) bond motifs is 2. The molecular weight excluding hydrogens is 282 g/mol. The van der Waals surface area contributed by atoms with Gasteiger partial charge in [0.1, 0.15) is 10.8 Å². The molecule has 3 nitrogen and oxygen atoms in total. The van der Waals surface area contributed by atoms with Gasteiger partial charge in [-0.1, -0.05) is 6.42 Å². The van der Waals surface area contributed by atoms with Crippen LogP contribution in [-0.4, -0.2) is 11.0 Å². The van der Waals surface area contributed by atoms with Gasteiger partial charge >= 0.3 is 5.97 Å². The Kier molecular flexibility index (Phi) is 3.26. The number of carbonyl (C=O) groups is 1. The third kappa shape index (κ3) is 2.48. The van der Waals surface area contributed by atoms with Crippen molar-refractivity contribution < 1.29 is 9.53 Å². The summed E-state index contributed by atoms with van der Waals surface area (Å²) in [5.41, 5.74) is 1.06. The largest absolute Gasteiger partial charge is 0.426 e. The van der Waals surface area contributed by atoms with Gasteiger partial charge in [0, 0.05) is 17.1 Å². The molecule has 2 aromatic rings. The molecule has 1 aromatic heterocycles. The van der Waals surface area contributed by atoms with Crippen LogP contribution < -0.4 is 4.74 Å². The maximum atomic E-state index is 12.3. The van der Waals surface area contributed by atoms with Crippen LogP contribution in [0.25, 0.3) is 10.6 Å². The number of nitrogens with zero attached hydrogens (tertiary/aromatic N) is 1. The fourth-order valence-electron chi connectivity index (χ4n) is 3.76. The molecule has 1 heterocycles. The van der Waals surface area contributed by atoms with Crippen LogP contribution in [-0.2, 0) is 4.79 Å². The van der Waals surface area contributed by atoms with Crippen LogP contribution in [0.4, 0.5) is 0 Å². The van der Waals surface area contributed by atoms with Gasteiger partial charge in [-0.15, -0.1) is 11.3 Å². The standard InChI is InChI=1S/C17H17NO2S/c19-17(15-10-11-1-2-13(15)9-11)20-14-5-3-12(4-6-14)16-18-7-8-21-16/h3-8,11,13,15H,1-2,9-10H2/t11-,13-,15+/m0/s1. The summed E-state index contributed by atoms with van der Waals surface area (Å²) in [5.74, 6) is 2.06. The molecule has 2 saturated carbocycles. The highest BCUT2D eigenvalue weighted by Gasteiger charge is 2.44. The van der Waals surface area contributed by atoms with Gasteiger partial charge < -0.3 is 4.74 Å². The van der Waals surface area contributed by atoms with Crippen molar-refractivity contribution in [1.82, 2.24) is 4.98 Å². The molecule has 2 fully saturated rings. The average Bonchev–Trinajstić information content (AvgIpc) is 3.25. The van der Waals surface area contributed by atoms with Crippen molar-refractivity contribution in [3.8, 4) is 16.3 Å². The third-order valence-electron chi connectivity index (χ3n) is 4.79. The number of esters is 1. The lowest BCUT2D eigenvalue weighted by atomic mass is 9.89. The van der Waals surface area contributed by atoms with E-state index < -0.39 is 0 Å². The highest BCUT2D eigenvalue weighted by atomic mass is 32.1. The summed E-state index contributed by atoms with van der Waals surface area (Å²) in [6.45, 7) is 0. The van der Waals surface area contributed by atoms with Crippen LogP contribution in [0, 0.1) is 17.8 Å². The van der Waals surface area contributed by atoms with E-state index in [4.69, 9.17) is 4.74 Å². The first-order valence-electron chi connectivity index (χ1n) is 7.51. The minimum Gasteiger partial charge on any atom is -0.426 e. The summed E-state index contributed by atoms with van der Waals surface area (Å²) >= 11 is 1.61. The van der Waals surface area contributed by atoms with Crippen molar-refractivity contribution in [2.45, 2.75) is 25.7 Å². The molecule has 2 aliphatic carbocycles. The second-order valence-electron chi connectivity index (χ2n) is 6.06. The molecule has 0 N–H and O–H groups in total. The molecular formula is C17H17NO2S. The van der Waals surface area contributed by atoms with Crippen LogP contribution in [0.1, 0.15) is 25.7 Å². The normalized spacial score (nSPS) is 27.0. The number of hydrogen-bond donors (Lipinski definition) is 0. The monoisotopic (exact) mass is 299 g/mol. The topological polar surface area (TPSA) is 39.2 Å². The second-order valence-corrected chi connectivity index (χ2v) is 6.96. The zero-order valence-electron chi connectivity index (χ0n) is 11.7. The van der Waals surface area contributed by atoms with E-state index in [0.29, 0.717) is 11.7 Å². The van der Waals surface area contributed by atoms with Crippen molar-refractivity contribution in [1.29, 1.82) is 0 Å². The number of rotatable bonds is 3. The zero-order valence-corrected chi connectivity index (χ0v) is 12.5. The second kappa shape index (κ2) is 5.26. The van der Waals surface area contributed by atoms with Gasteiger partial charge in [-0.05, 0) is 55.4 Å². The van der Waals surface area contributed by atoms with Crippen molar-refractivity contribution in [2.24, 2.45) is 17.8 Å². The molecule has 0 unspecified atom stereocenters. The summed E-state index contributed by atoms with van der Waals surface area (Å²) in [6, 6.07) is 7.65. The van der Waals surface area contributed by atoms with Gasteiger partial charge in [-0.25, -0.2) is 4.98 Å². The van der Waals surface area contributed by atoms with Crippen LogP contribution >= 0.6 is 11.3 Å². The molecule has 0 radical (unpaired) electrons. The van der Waals surface area contributed by atoms with E-state index >= 15 is 0 Å².